The van der Waals surface area contributed by atoms with E-state index in [0.717, 1.165) is 52.5 Å². The molecule has 0 amide bonds. The fourth-order valence-corrected chi connectivity index (χ4v) is 8.08. The van der Waals surface area contributed by atoms with Crippen molar-refractivity contribution in [2.45, 2.75) is 37.6 Å². The van der Waals surface area contributed by atoms with E-state index in [1.165, 1.54) is 56.6 Å². The zero-order valence-electron chi connectivity index (χ0n) is 24.9. The Labute approximate surface area is 261 Å². The highest BCUT2D eigenvalue weighted by Crippen LogP contribution is 2.49. The van der Waals surface area contributed by atoms with Gasteiger partial charge in [0.1, 0.15) is 22.5 Å². The molecule has 10 rings (SSSR count). The van der Waals surface area contributed by atoms with Crippen LogP contribution in [0, 0.1) is 0 Å². The predicted molar refractivity (Wildman–Crippen MR) is 184 cm³/mol. The number of allylic oxidation sites excluding steroid dienone is 2. The van der Waals surface area contributed by atoms with Gasteiger partial charge in [-0.2, -0.15) is 0 Å². The molecule has 2 aliphatic carbocycles. The van der Waals surface area contributed by atoms with Crippen LogP contribution in [0.1, 0.15) is 42.1 Å². The van der Waals surface area contributed by atoms with Gasteiger partial charge >= 0.3 is 0 Å². The summed E-state index contributed by atoms with van der Waals surface area (Å²) in [4.78, 5) is 2.61. The summed E-state index contributed by atoms with van der Waals surface area (Å²) in [6.07, 6.45) is 11.5. The highest BCUT2D eigenvalue weighted by atomic mass is 16.3. The first kappa shape index (κ1) is 25.1. The van der Waals surface area contributed by atoms with Gasteiger partial charge in [-0.3, -0.25) is 0 Å². The van der Waals surface area contributed by atoms with E-state index in [1.807, 2.05) is 0 Å². The van der Waals surface area contributed by atoms with Gasteiger partial charge in [0.15, 0.2) is 0 Å². The lowest BCUT2D eigenvalue weighted by molar-refractivity contribution is 0.531. The van der Waals surface area contributed by atoms with E-state index < -0.39 is 0 Å². The summed E-state index contributed by atoms with van der Waals surface area (Å²) in [5.74, 6) is 1.66. The normalized spacial score (nSPS) is 18.8. The molecule has 3 heteroatoms. The number of anilines is 1. The molecule has 1 aliphatic heterocycles. The smallest absolute Gasteiger partial charge is 0.135 e. The van der Waals surface area contributed by atoms with Gasteiger partial charge < -0.3 is 13.7 Å². The van der Waals surface area contributed by atoms with Crippen LogP contribution in [0.4, 0.5) is 5.69 Å². The summed E-state index contributed by atoms with van der Waals surface area (Å²) in [5.41, 5.74) is 13.0. The number of furan rings is 2. The monoisotopic (exact) mass is 581 g/mol. The molecule has 2 unspecified atom stereocenters. The topological polar surface area (TPSA) is 29.5 Å². The number of rotatable bonds is 3. The van der Waals surface area contributed by atoms with Crippen molar-refractivity contribution in [2.75, 3.05) is 4.90 Å². The number of aryl methyl sites for hydroxylation is 1. The van der Waals surface area contributed by atoms with Crippen LogP contribution in [-0.2, 0) is 6.42 Å². The average molecular weight is 582 g/mol. The molecule has 45 heavy (non-hydrogen) atoms. The molecule has 3 aliphatic rings. The van der Waals surface area contributed by atoms with Crippen LogP contribution in [0.15, 0.2) is 136 Å². The quantitative estimate of drug-likeness (QED) is 0.194. The lowest BCUT2D eigenvalue weighted by atomic mass is 9.86. The van der Waals surface area contributed by atoms with Gasteiger partial charge in [0.2, 0.25) is 0 Å². The highest BCUT2D eigenvalue weighted by molar-refractivity contribution is 6.08. The van der Waals surface area contributed by atoms with Gasteiger partial charge in [0.25, 0.3) is 0 Å². The molecule has 0 bridgehead atoms. The minimum Gasteiger partial charge on any atom is -0.460 e. The summed E-state index contributed by atoms with van der Waals surface area (Å²) in [6, 6.07) is 39.7. The van der Waals surface area contributed by atoms with E-state index in [9.17, 15) is 0 Å². The van der Waals surface area contributed by atoms with Crippen LogP contribution in [0.25, 0.3) is 61.2 Å². The van der Waals surface area contributed by atoms with Crippen LogP contribution in [0.2, 0.25) is 0 Å². The van der Waals surface area contributed by atoms with Gasteiger partial charge in [-0.05, 0) is 95.6 Å². The minimum atomic E-state index is 0.400. The van der Waals surface area contributed by atoms with Crippen molar-refractivity contribution < 1.29 is 8.83 Å². The first-order valence-electron chi connectivity index (χ1n) is 16.1. The second-order valence-corrected chi connectivity index (χ2v) is 12.7. The maximum absolute atomic E-state index is 6.45. The Hall–Kier alpha value is -5.28. The van der Waals surface area contributed by atoms with Gasteiger partial charge in [0.05, 0.1) is 6.04 Å². The number of nitrogens with zero attached hydrogens (tertiary/aromatic N) is 1. The standard InChI is InChI=1S/C42H31NO2/c1-2-8-26(9-3-1)27-14-18-39-33(22-27)34-23-28(15-19-40(34)44-39)29-16-20-41-35(24-29)36-25-30(17-21-42(36)45-41)43-37-12-6-4-10-31(37)32-11-5-7-13-38(32)43/h1-4,6-10,12-16,18-20,22-25,32,38H,5,11,17,21H2. The van der Waals surface area contributed by atoms with Crippen molar-refractivity contribution in [3.63, 3.8) is 0 Å². The van der Waals surface area contributed by atoms with Crippen LogP contribution < -0.4 is 4.90 Å². The fourth-order valence-electron chi connectivity index (χ4n) is 8.08. The molecule has 3 nitrogen and oxygen atoms in total. The molecule has 0 spiro atoms. The highest BCUT2D eigenvalue weighted by Gasteiger charge is 2.39. The number of fused-ring (bicyclic) bond motifs is 9. The van der Waals surface area contributed by atoms with Crippen molar-refractivity contribution in [3.05, 3.63) is 144 Å². The van der Waals surface area contributed by atoms with Gasteiger partial charge in [-0.25, -0.2) is 0 Å². The Balaban J connectivity index is 1.07. The van der Waals surface area contributed by atoms with Crippen LogP contribution in [-0.4, -0.2) is 6.04 Å². The van der Waals surface area contributed by atoms with Crippen molar-refractivity contribution in [3.8, 4) is 22.3 Å². The lowest BCUT2D eigenvalue weighted by Gasteiger charge is -2.33. The molecule has 5 aromatic carbocycles. The molecule has 0 saturated carbocycles. The van der Waals surface area contributed by atoms with E-state index >= 15 is 0 Å². The maximum Gasteiger partial charge on any atom is 0.135 e. The van der Waals surface area contributed by atoms with Gasteiger partial charge in [0, 0.05) is 45.4 Å². The molecular weight excluding hydrogens is 550 g/mol. The summed E-state index contributed by atoms with van der Waals surface area (Å²) in [5, 5.41) is 3.47. The maximum atomic E-state index is 6.45. The summed E-state index contributed by atoms with van der Waals surface area (Å²) in [6.45, 7) is 0. The fraction of sp³-hybridized carbons (Fsp3) is 0.143. The Bertz CT molecular complexity index is 2350. The average Bonchev–Trinajstić information content (AvgIpc) is 3.77. The SMILES string of the molecule is C1=CC2C(CC1)c1ccccc1N2C1=Cc2c(oc3ccc(-c4ccc5oc6ccc(-c7ccccc7)cc6c5c4)cc23)CC1. The zero-order chi connectivity index (χ0) is 29.5. The lowest BCUT2D eigenvalue weighted by Crippen LogP contribution is -2.33. The van der Waals surface area contributed by atoms with Crippen molar-refractivity contribution in [1.29, 1.82) is 0 Å². The number of para-hydroxylation sites is 1. The van der Waals surface area contributed by atoms with Crippen LogP contribution >= 0.6 is 0 Å². The summed E-state index contributed by atoms with van der Waals surface area (Å²) >= 11 is 0. The zero-order valence-corrected chi connectivity index (χ0v) is 24.9. The Kier molecular flexibility index (Phi) is 5.36. The van der Waals surface area contributed by atoms with Gasteiger partial charge in [-0.15, -0.1) is 0 Å². The third-order valence-electron chi connectivity index (χ3n) is 10.2. The van der Waals surface area contributed by atoms with Crippen LogP contribution in [0.5, 0.6) is 0 Å². The predicted octanol–water partition coefficient (Wildman–Crippen LogP) is 11.3. The molecule has 0 fully saturated rings. The molecule has 7 aromatic rings. The second-order valence-electron chi connectivity index (χ2n) is 12.7. The van der Waals surface area contributed by atoms with Crippen molar-refractivity contribution in [1.82, 2.24) is 0 Å². The Morgan fingerprint density at radius 1 is 0.600 bits per heavy atom. The number of hydrogen-bond acceptors (Lipinski definition) is 3. The van der Waals surface area contributed by atoms with Crippen molar-refractivity contribution >= 4 is 44.7 Å². The Morgan fingerprint density at radius 3 is 2.04 bits per heavy atom. The first-order valence-corrected chi connectivity index (χ1v) is 16.1. The summed E-state index contributed by atoms with van der Waals surface area (Å²) < 4.78 is 12.7. The van der Waals surface area contributed by atoms with E-state index in [-0.39, 0.29) is 0 Å². The van der Waals surface area contributed by atoms with Gasteiger partial charge in [-0.1, -0.05) is 78.9 Å². The molecule has 0 radical (unpaired) electrons. The first-order chi connectivity index (χ1) is 22.3. The molecular formula is C42H31NO2. The molecule has 2 aromatic heterocycles. The third-order valence-corrected chi connectivity index (χ3v) is 10.2. The third kappa shape index (κ3) is 3.83. The molecule has 3 heterocycles. The second kappa shape index (κ2) is 9.61. The summed E-state index contributed by atoms with van der Waals surface area (Å²) in [7, 11) is 0. The van der Waals surface area contributed by atoms with E-state index in [1.54, 1.807) is 0 Å². The largest absolute Gasteiger partial charge is 0.460 e. The molecule has 216 valence electrons. The molecule has 0 N–H and O–H groups in total. The van der Waals surface area contributed by atoms with E-state index in [0.29, 0.717) is 12.0 Å². The Morgan fingerprint density at radius 2 is 1.27 bits per heavy atom. The van der Waals surface area contributed by atoms with E-state index in [2.05, 4.69) is 132 Å². The molecule has 0 saturated heterocycles. The van der Waals surface area contributed by atoms with Crippen LogP contribution in [0.3, 0.4) is 0 Å². The number of benzene rings is 5. The van der Waals surface area contributed by atoms with E-state index in [4.69, 9.17) is 8.83 Å². The minimum absolute atomic E-state index is 0.400. The molecule has 2 atom stereocenters. The number of hydrogen-bond donors (Lipinski definition) is 0. The van der Waals surface area contributed by atoms with Crippen molar-refractivity contribution in [2.24, 2.45) is 0 Å².